The number of nitrogens with zero attached hydrogens (tertiary/aromatic N) is 2. The zero-order valence-corrected chi connectivity index (χ0v) is 23.5. The van der Waals surface area contributed by atoms with Gasteiger partial charge in [-0.25, -0.2) is 19.0 Å². The number of halogens is 1. The van der Waals surface area contributed by atoms with E-state index in [4.69, 9.17) is 19.2 Å². The van der Waals surface area contributed by atoms with Crippen molar-refractivity contribution in [1.82, 2.24) is 9.55 Å². The molecule has 9 heteroatoms. The molecule has 208 valence electrons. The van der Waals surface area contributed by atoms with E-state index in [9.17, 15) is 14.7 Å². The number of ether oxygens (including phenoxy) is 3. The molecule has 3 aromatic rings. The van der Waals surface area contributed by atoms with Gasteiger partial charge in [-0.1, -0.05) is 0 Å². The summed E-state index contributed by atoms with van der Waals surface area (Å²) in [5.74, 6) is -1.91. The number of pyridine rings is 1. The fraction of sp³-hybridized carbons (Fsp3) is 0.433. The molecule has 0 fully saturated rings. The van der Waals surface area contributed by atoms with Gasteiger partial charge in [0.15, 0.2) is 17.7 Å². The van der Waals surface area contributed by atoms with E-state index in [1.54, 1.807) is 52.3 Å². The van der Waals surface area contributed by atoms with E-state index in [0.29, 0.717) is 52.1 Å². The molecule has 1 aliphatic rings. The number of esters is 1. The molecule has 0 saturated carbocycles. The number of carbonyl (C=O) groups excluding carboxylic acids is 1. The summed E-state index contributed by atoms with van der Waals surface area (Å²) in [6.45, 7) is 11.4. The SMILES string of the molecule is CCOC(=O)/C=C/c1cc2c(-c3cc(F)c4c(c3C)CCCO4)c([C@H](OC(C)(C)C)C(=O)O)c(C)nc2n1C. The summed E-state index contributed by atoms with van der Waals surface area (Å²) >= 11 is 0. The minimum absolute atomic E-state index is 0.248. The van der Waals surface area contributed by atoms with Crippen molar-refractivity contribution in [2.45, 2.75) is 66.1 Å². The molecular weight excluding hydrogens is 503 g/mol. The number of aromatic nitrogens is 2. The normalized spacial score (nSPS) is 14.4. The number of fused-ring (bicyclic) bond motifs is 2. The van der Waals surface area contributed by atoms with E-state index in [-0.39, 0.29) is 12.4 Å². The van der Waals surface area contributed by atoms with Gasteiger partial charge in [-0.3, -0.25) is 0 Å². The molecule has 0 aliphatic carbocycles. The predicted molar refractivity (Wildman–Crippen MR) is 146 cm³/mol. The van der Waals surface area contributed by atoms with Crippen LogP contribution >= 0.6 is 0 Å². The van der Waals surface area contributed by atoms with Crippen molar-refractivity contribution < 1.29 is 33.3 Å². The molecule has 0 unspecified atom stereocenters. The monoisotopic (exact) mass is 538 g/mol. The van der Waals surface area contributed by atoms with Gasteiger partial charge in [-0.15, -0.1) is 0 Å². The topological polar surface area (TPSA) is 99.9 Å². The van der Waals surface area contributed by atoms with Crippen LogP contribution in [0.3, 0.4) is 0 Å². The molecule has 0 bridgehead atoms. The first-order chi connectivity index (χ1) is 18.3. The molecule has 3 heterocycles. The number of carboxylic acids is 1. The summed E-state index contributed by atoms with van der Waals surface area (Å²) < 4.78 is 34.0. The largest absolute Gasteiger partial charge is 0.490 e. The zero-order chi connectivity index (χ0) is 28.6. The van der Waals surface area contributed by atoms with Gasteiger partial charge in [-0.05, 0) is 83.7 Å². The van der Waals surface area contributed by atoms with E-state index >= 15 is 4.39 Å². The highest BCUT2D eigenvalue weighted by molar-refractivity contribution is 6.00. The van der Waals surface area contributed by atoms with E-state index in [2.05, 4.69) is 0 Å². The van der Waals surface area contributed by atoms with Crippen LogP contribution in [0.5, 0.6) is 5.75 Å². The number of aliphatic carboxylic acids is 1. The van der Waals surface area contributed by atoms with E-state index in [1.165, 1.54) is 12.1 Å². The van der Waals surface area contributed by atoms with Crippen molar-refractivity contribution in [3.8, 4) is 16.9 Å². The summed E-state index contributed by atoms with van der Waals surface area (Å²) in [4.78, 5) is 29.4. The number of aryl methyl sites for hydroxylation is 2. The Kier molecular flexibility index (Phi) is 7.84. The summed E-state index contributed by atoms with van der Waals surface area (Å²) in [6.07, 6.45) is 3.00. The Bertz CT molecular complexity index is 1480. The van der Waals surface area contributed by atoms with E-state index in [0.717, 1.165) is 17.5 Å². The molecular formula is C30H35FN2O6. The molecule has 1 aliphatic heterocycles. The lowest BCUT2D eigenvalue weighted by Crippen LogP contribution is -2.28. The van der Waals surface area contributed by atoms with Crippen molar-refractivity contribution in [2.24, 2.45) is 7.05 Å². The van der Waals surface area contributed by atoms with E-state index in [1.807, 2.05) is 13.0 Å². The van der Waals surface area contributed by atoms with Crippen molar-refractivity contribution in [3.63, 3.8) is 0 Å². The third-order valence-electron chi connectivity index (χ3n) is 6.78. The van der Waals surface area contributed by atoms with Gasteiger partial charge in [0.25, 0.3) is 0 Å². The first-order valence-corrected chi connectivity index (χ1v) is 13.0. The second kappa shape index (κ2) is 10.8. The van der Waals surface area contributed by atoms with Crippen LogP contribution in [-0.4, -0.2) is 45.4 Å². The van der Waals surface area contributed by atoms with Gasteiger partial charge in [0.2, 0.25) is 0 Å². The predicted octanol–water partition coefficient (Wildman–Crippen LogP) is 5.84. The molecule has 1 N–H and O–H groups in total. The quantitative estimate of drug-likeness (QED) is 0.298. The number of benzene rings is 1. The average molecular weight is 539 g/mol. The van der Waals surface area contributed by atoms with Crippen LogP contribution in [-0.2, 0) is 32.5 Å². The van der Waals surface area contributed by atoms with Crippen LogP contribution in [0.1, 0.15) is 68.3 Å². The summed E-state index contributed by atoms with van der Waals surface area (Å²) in [6, 6.07) is 3.23. The number of carboxylic acid groups (broad SMARTS) is 1. The van der Waals surface area contributed by atoms with E-state index < -0.39 is 29.5 Å². The molecule has 1 atom stereocenters. The molecule has 0 amide bonds. The maximum absolute atomic E-state index is 15.5. The lowest BCUT2D eigenvalue weighted by atomic mass is 9.86. The van der Waals surface area contributed by atoms with Crippen molar-refractivity contribution in [2.75, 3.05) is 13.2 Å². The average Bonchev–Trinajstić information content (AvgIpc) is 3.17. The van der Waals surface area contributed by atoms with Crippen LogP contribution in [0.25, 0.3) is 28.2 Å². The van der Waals surface area contributed by atoms with Crippen LogP contribution in [0.15, 0.2) is 18.2 Å². The first kappa shape index (κ1) is 28.3. The third-order valence-corrected chi connectivity index (χ3v) is 6.78. The number of hydrogen-bond donors (Lipinski definition) is 1. The summed E-state index contributed by atoms with van der Waals surface area (Å²) in [5, 5.41) is 10.9. The molecule has 39 heavy (non-hydrogen) atoms. The van der Waals surface area contributed by atoms with Crippen molar-refractivity contribution >= 4 is 29.0 Å². The Morgan fingerprint density at radius 1 is 1.28 bits per heavy atom. The zero-order valence-electron chi connectivity index (χ0n) is 23.5. The fourth-order valence-corrected chi connectivity index (χ4v) is 5.10. The molecule has 2 aromatic heterocycles. The Morgan fingerprint density at radius 3 is 2.64 bits per heavy atom. The lowest BCUT2D eigenvalue weighted by molar-refractivity contribution is -0.160. The van der Waals surface area contributed by atoms with Crippen LogP contribution < -0.4 is 4.74 Å². The fourth-order valence-electron chi connectivity index (χ4n) is 5.10. The highest BCUT2D eigenvalue weighted by Crippen LogP contribution is 2.44. The minimum atomic E-state index is -1.36. The van der Waals surface area contributed by atoms with Crippen LogP contribution in [0, 0.1) is 19.7 Å². The number of carbonyl (C=O) groups is 2. The molecule has 4 rings (SSSR count). The van der Waals surface area contributed by atoms with Gasteiger partial charge < -0.3 is 23.9 Å². The lowest BCUT2D eigenvalue weighted by Gasteiger charge is -2.29. The van der Waals surface area contributed by atoms with Gasteiger partial charge in [-0.2, -0.15) is 0 Å². The maximum Gasteiger partial charge on any atom is 0.337 e. The van der Waals surface area contributed by atoms with Gasteiger partial charge in [0.1, 0.15) is 5.65 Å². The summed E-state index contributed by atoms with van der Waals surface area (Å²) in [5.41, 5.74) is 3.90. The second-order valence-corrected chi connectivity index (χ2v) is 10.7. The standard InChI is InChI=1S/C30H35FN2O6/c1-8-37-23(34)12-11-18-14-21-25(20-15-22(31)26-19(16(20)2)10-9-13-38-26)24(17(3)32-28(21)33(18)7)27(29(35)36)39-30(4,5)6/h11-12,14-15,27H,8-10,13H2,1-7H3,(H,35,36)/b12-11+/t27-/m0/s1. The molecule has 0 spiro atoms. The Morgan fingerprint density at radius 2 is 2.00 bits per heavy atom. The van der Waals surface area contributed by atoms with Gasteiger partial charge >= 0.3 is 11.9 Å². The summed E-state index contributed by atoms with van der Waals surface area (Å²) in [7, 11) is 1.80. The van der Waals surface area contributed by atoms with Crippen molar-refractivity contribution in [3.05, 3.63) is 52.1 Å². The maximum atomic E-state index is 15.5. The number of hydrogen-bond acceptors (Lipinski definition) is 6. The highest BCUT2D eigenvalue weighted by atomic mass is 19.1. The Balaban J connectivity index is 2.09. The highest BCUT2D eigenvalue weighted by Gasteiger charge is 2.34. The Hall–Kier alpha value is -3.72. The molecule has 0 radical (unpaired) electrons. The minimum Gasteiger partial charge on any atom is -0.490 e. The van der Waals surface area contributed by atoms with Gasteiger partial charge in [0, 0.05) is 46.6 Å². The third kappa shape index (κ3) is 5.54. The second-order valence-electron chi connectivity index (χ2n) is 10.7. The van der Waals surface area contributed by atoms with Crippen LogP contribution in [0.4, 0.5) is 4.39 Å². The number of rotatable bonds is 7. The Labute approximate surface area is 227 Å². The van der Waals surface area contributed by atoms with Crippen molar-refractivity contribution in [1.29, 1.82) is 0 Å². The molecule has 8 nitrogen and oxygen atoms in total. The first-order valence-electron chi connectivity index (χ1n) is 13.0. The molecule has 0 saturated heterocycles. The smallest absolute Gasteiger partial charge is 0.337 e. The van der Waals surface area contributed by atoms with Crippen LogP contribution in [0.2, 0.25) is 0 Å². The molecule has 1 aromatic carbocycles. The van der Waals surface area contributed by atoms with Gasteiger partial charge in [0.05, 0.1) is 18.8 Å².